The van der Waals surface area contributed by atoms with Crippen LogP contribution in [0.25, 0.3) is 0 Å². The van der Waals surface area contributed by atoms with Crippen LogP contribution in [0.1, 0.15) is 38.8 Å². The Kier molecular flexibility index (Phi) is 4.89. The minimum Gasteiger partial charge on any atom is -0.393 e. The molecule has 0 heterocycles. The third-order valence-electron chi connectivity index (χ3n) is 3.43. The second-order valence-corrected chi connectivity index (χ2v) is 5.41. The van der Waals surface area contributed by atoms with Crippen LogP contribution >= 0.6 is 0 Å². The van der Waals surface area contributed by atoms with Crippen LogP contribution in [-0.4, -0.2) is 21.9 Å². The Labute approximate surface area is 114 Å². The van der Waals surface area contributed by atoms with Gasteiger partial charge in [0.1, 0.15) is 5.69 Å². The zero-order valence-corrected chi connectivity index (χ0v) is 12.3. The summed E-state index contributed by atoms with van der Waals surface area (Å²) in [4.78, 5) is 12.8. The minimum absolute atomic E-state index is 0.00642. The van der Waals surface area contributed by atoms with Gasteiger partial charge in [-0.25, -0.2) is 0 Å². The van der Waals surface area contributed by atoms with Crippen LogP contribution in [0.2, 0.25) is 0 Å². The maximum Gasteiger partial charge on any atom is 0.292 e. The number of rotatable bonds is 5. The molecule has 5 heteroatoms. The number of aryl methyl sites for hydroxylation is 1. The summed E-state index contributed by atoms with van der Waals surface area (Å²) < 4.78 is 0. The molecule has 1 aromatic rings. The predicted octanol–water partition coefficient (Wildman–Crippen LogP) is 3.10. The Bertz CT molecular complexity index is 462. The van der Waals surface area contributed by atoms with Gasteiger partial charge in [-0.05, 0) is 45.7 Å². The molecule has 0 unspecified atom stereocenters. The summed E-state index contributed by atoms with van der Waals surface area (Å²) in [5.74, 6) is 0. The maximum absolute atomic E-state index is 11.0. The Morgan fingerprint density at radius 1 is 1.26 bits per heavy atom. The van der Waals surface area contributed by atoms with Gasteiger partial charge in [0.25, 0.3) is 5.69 Å². The van der Waals surface area contributed by atoms with Crippen molar-refractivity contribution in [3.05, 3.63) is 33.4 Å². The number of hydrogen-bond acceptors (Lipinski definition) is 4. The van der Waals surface area contributed by atoms with E-state index >= 15 is 0 Å². The number of nitrogen functional groups attached to an aromatic ring is 1. The lowest BCUT2D eigenvalue weighted by Gasteiger charge is -2.31. The average Bonchev–Trinajstić information content (AvgIpc) is 2.27. The van der Waals surface area contributed by atoms with Gasteiger partial charge in [0, 0.05) is 24.7 Å². The van der Waals surface area contributed by atoms with Crippen LogP contribution < -0.4 is 5.73 Å². The molecule has 2 N–H and O–H groups in total. The number of hydrogen-bond donors (Lipinski definition) is 1. The van der Waals surface area contributed by atoms with E-state index in [0.29, 0.717) is 18.6 Å². The smallest absolute Gasteiger partial charge is 0.292 e. The number of nitro groups is 1. The van der Waals surface area contributed by atoms with Gasteiger partial charge in [-0.1, -0.05) is 6.07 Å². The largest absolute Gasteiger partial charge is 0.393 e. The van der Waals surface area contributed by atoms with E-state index in [-0.39, 0.29) is 11.4 Å². The van der Waals surface area contributed by atoms with Gasteiger partial charge < -0.3 is 5.73 Å². The molecule has 19 heavy (non-hydrogen) atoms. The van der Waals surface area contributed by atoms with Gasteiger partial charge >= 0.3 is 0 Å². The van der Waals surface area contributed by atoms with Crippen molar-refractivity contribution >= 4 is 11.4 Å². The van der Waals surface area contributed by atoms with Gasteiger partial charge in [-0.15, -0.1) is 0 Å². The highest BCUT2D eigenvalue weighted by Crippen LogP contribution is 2.29. The van der Waals surface area contributed by atoms with Crippen LogP contribution in [0.4, 0.5) is 11.4 Å². The first-order valence-corrected chi connectivity index (χ1v) is 6.53. The first-order valence-electron chi connectivity index (χ1n) is 6.53. The molecule has 1 aromatic carbocycles. The molecule has 0 aliphatic rings. The molecule has 0 radical (unpaired) electrons. The second kappa shape index (κ2) is 6.02. The fourth-order valence-electron chi connectivity index (χ4n) is 2.27. The zero-order chi connectivity index (χ0) is 14.7. The van der Waals surface area contributed by atoms with E-state index in [9.17, 15) is 10.1 Å². The summed E-state index contributed by atoms with van der Waals surface area (Å²) in [5.41, 5.74) is 8.10. The summed E-state index contributed by atoms with van der Waals surface area (Å²) in [7, 11) is 0. The van der Waals surface area contributed by atoms with Gasteiger partial charge in [-0.2, -0.15) is 0 Å². The van der Waals surface area contributed by atoms with Crippen molar-refractivity contribution in [1.82, 2.24) is 4.90 Å². The molecule has 0 aromatic heterocycles. The number of nitrogens with zero attached hydrogens (tertiary/aromatic N) is 2. The summed E-state index contributed by atoms with van der Waals surface area (Å²) in [6.45, 7) is 11.0. The molecule has 5 nitrogen and oxygen atoms in total. The van der Waals surface area contributed by atoms with Gasteiger partial charge in [-0.3, -0.25) is 15.0 Å². The fraction of sp³-hybridized carbons (Fsp3) is 0.571. The SMILES string of the molecule is Cc1ccc([N+](=O)[O-])c(N)c1CN(C(C)C)C(C)C. The number of anilines is 1. The molecule has 0 aliphatic heterocycles. The highest BCUT2D eigenvalue weighted by Gasteiger charge is 2.21. The lowest BCUT2D eigenvalue weighted by Crippen LogP contribution is -2.36. The van der Waals surface area contributed by atoms with E-state index in [1.807, 2.05) is 6.92 Å². The molecule has 0 saturated carbocycles. The molecule has 0 fully saturated rings. The van der Waals surface area contributed by atoms with Crippen LogP contribution in [0.15, 0.2) is 12.1 Å². The van der Waals surface area contributed by atoms with E-state index in [4.69, 9.17) is 5.73 Å². The van der Waals surface area contributed by atoms with Crippen molar-refractivity contribution in [1.29, 1.82) is 0 Å². The standard InChI is InChI=1S/C14H23N3O2/c1-9(2)16(10(3)4)8-12-11(5)6-7-13(14(12)15)17(18)19/h6-7,9-10H,8,15H2,1-5H3. The molecule has 0 aliphatic carbocycles. The predicted molar refractivity (Wildman–Crippen MR) is 78.1 cm³/mol. The van der Waals surface area contributed by atoms with Gasteiger partial charge in [0.15, 0.2) is 0 Å². The zero-order valence-electron chi connectivity index (χ0n) is 12.3. The van der Waals surface area contributed by atoms with Crippen molar-refractivity contribution < 1.29 is 4.92 Å². The Morgan fingerprint density at radius 3 is 2.21 bits per heavy atom. The molecule has 106 valence electrons. The van der Waals surface area contributed by atoms with Crippen LogP contribution in [-0.2, 0) is 6.54 Å². The van der Waals surface area contributed by atoms with Gasteiger partial charge in [0.05, 0.1) is 4.92 Å². The summed E-state index contributed by atoms with van der Waals surface area (Å²) in [6.07, 6.45) is 0. The molecular formula is C14H23N3O2. The third kappa shape index (κ3) is 3.44. The normalized spacial score (nSPS) is 11.6. The van der Waals surface area contributed by atoms with E-state index in [2.05, 4.69) is 32.6 Å². The van der Waals surface area contributed by atoms with Crippen molar-refractivity contribution in [3.8, 4) is 0 Å². The highest BCUT2D eigenvalue weighted by molar-refractivity contribution is 5.65. The topological polar surface area (TPSA) is 72.4 Å². The average molecular weight is 265 g/mol. The quantitative estimate of drug-likeness (QED) is 0.504. The number of benzene rings is 1. The molecule has 0 bridgehead atoms. The van der Waals surface area contributed by atoms with E-state index in [1.54, 1.807) is 6.07 Å². The molecule has 0 spiro atoms. The first kappa shape index (κ1) is 15.4. The molecular weight excluding hydrogens is 242 g/mol. The Morgan fingerprint density at radius 2 is 1.79 bits per heavy atom. The van der Waals surface area contributed by atoms with Crippen molar-refractivity contribution in [2.45, 2.75) is 53.2 Å². The van der Waals surface area contributed by atoms with Crippen molar-refractivity contribution in [2.24, 2.45) is 0 Å². The Hall–Kier alpha value is -1.62. The molecule has 1 rings (SSSR count). The summed E-state index contributed by atoms with van der Waals surface area (Å²) in [5, 5.41) is 11.0. The molecule has 0 saturated heterocycles. The monoisotopic (exact) mass is 265 g/mol. The minimum atomic E-state index is -0.423. The first-order chi connectivity index (χ1) is 8.75. The van der Waals surface area contributed by atoms with E-state index in [0.717, 1.165) is 11.1 Å². The van der Waals surface area contributed by atoms with Crippen molar-refractivity contribution in [2.75, 3.05) is 5.73 Å². The maximum atomic E-state index is 11.0. The van der Waals surface area contributed by atoms with Gasteiger partial charge in [0.2, 0.25) is 0 Å². The highest BCUT2D eigenvalue weighted by atomic mass is 16.6. The summed E-state index contributed by atoms with van der Waals surface area (Å²) >= 11 is 0. The molecule has 0 amide bonds. The van der Waals surface area contributed by atoms with Crippen LogP contribution in [0, 0.1) is 17.0 Å². The second-order valence-electron chi connectivity index (χ2n) is 5.41. The van der Waals surface area contributed by atoms with Crippen LogP contribution in [0.3, 0.4) is 0 Å². The fourth-order valence-corrected chi connectivity index (χ4v) is 2.27. The number of nitro benzene ring substituents is 1. The Balaban J connectivity index is 3.19. The number of nitrogens with two attached hydrogens (primary N) is 1. The van der Waals surface area contributed by atoms with Crippen LogP contribution in [0.5, 0.6) is 0 Å². The lowest BCUT2D eigenvalue weighted by atomic mass is 10.0. The summed E-state index contributed by atoms with van der Waals surface area (Å²) in [6, 6.07) is 3.96. The van der Waals surface area contributed by atoms with E-state index in [1.165, 1.54) is 6.07 Å². The third-order valence-corrected chi connectivity index (χ3v) is 3.43. The molecule has 0 atom stereocenters. The van der Waals surface area contributed by atoms with E-state index < -0.39 is 4.92 Å². The van der Waals surface area contributed by atoms with Crippen molar-refractivity contribution in [3.63, 3.8) is 0 Å². The lowest BCUT2D eigenvalue weighted by molar-refractivity contribution is -0.384.